The van der Waals surface area contributed by atoms with Crippen LogP contribution in [0.1, 0.15) is 12.2 Å². The Morgan fingerprint density at radius 2 is 2.27 bits per heavy atom. The van der Waals surface area contributed by atoms with Crippen LogP contribution >= 0.6 is 11.6 Å². The molecule has 5 nitrogen and oxygen atoms in total. The summed E-state index contributed by atoms with van der Waals surface area (Å²) < 4.78 is 6.78. The lowest BCUT2D eigenvalue weighted by Crippen LogP contribution is -1.99. The Bertz CT molecular complexity index is 456. The molecule has 2 rings (SSSR count). The summed E-state index contributed by atoms with van der Waals surface area (Å²) in [5.41, 5.74) is 0.676. The number of aryl methyl sites for hydroxylation is 1. The summed E-state index contributed by atoms with van der Waals surface area (Å²) in [6.07, 6.45) is 4.91. The van der Waals surface area contributed by atoms with Crippen LogP contribution in [0.4, 0.5) is 0 Å². The molecule has 2 aromatic rings. The number of nitrogens with zero attached hydrogens (tertiary/aromatic N) is 4. The molecule has 0 saturated carbocycles. The van der Waals surface area contributed by atoms with Crippen molar-refractivity contribution < 1.29 is 4.74 Å². The molecule has 6 heteroatoms. The second-order valence-corrected chi connectivity index (χ2v) is 3.52. The molecule has 0 aliphatic heterocycles. The fourth-order valence-corrected chi connectivity index (χ4v) is 1.65. The van der Waals surface area contributed by atoms with E-state index in [9.17, 15) is 0 Å². The molecule has 0 N–H and O–H groups in total. The van der Waals surface area contributed by atoms with Crippen LogP contribution < -0.4 is 0 Å². The molecular weight excluding hydrogens is 216 g/mol. The van der Waals surface area contributed by atoms with E-state index in [0.29, 0.717) is 17.4 Å². The van der Waals surface area contributed by atoms with Gasteiger partial charge in [-0.05, 0) is 6.42 Å². The molecular formula is C9H11ClN4O. The van der Waals surface area contributed by atoms with Gasteiger partial charge in [-0.15, -0.1) is 10.2 Å². The summed E-state index contributed by atoms with van der Waals surface area (Å²) in [7, 11) is 1.68. The van der Waals surface area contributed by atoms with Gasteiger partial charge in [0.15, 0.2) is 5.65 Å². The third-order valence-corrected chi connectivity index (χ3v) is 2.36. The van der Waals surface area contributed by atoms with Crippen LogP contribution in [0.25, 0.3) is 5.65 Å². The molecule has 0 fully saturated rings. The smallest absolute Gasteiger partial charge is 0.180 e. The van der Waals surface area contributed by atoms with Crippen molar-refractivity contribution in [1.82, 2.24) is 19.6 Å². The molecule has 0 atom stereocenters. The average Bonchev–Trinajstić information content (AvgIpc) is 2.63. The SMILES string of the molecule is COCCCc1nnc2cncc(Cl)n12. The molecule has 2 aromatic heterocycles. The van der Waals surface area contributed by atoms with Crippen molar-refractivity contribution >= 4 is 17.2 Å². The van der Waals surface area contributed by atoms with Crippen molar-refractivity contribution in [3.8, 4) is 0 Å². The van der Waals surface area contributed by atoms with Crippen LogP contribution in [0.3, 0.4) is 0 Å². The number of fused-ring (bicyclic) bond motifs is 1. The fraction of sp³-hybridized carbons (Fsp3) is 0.444. The van der Waals surface area contributed by atoms with E-state index in [0.717, 1.165) is 18.7 Å². The largest absolute Gasteiger partial charge is 0.385 e. The monoisotopic (exact) mass is 226 g/mol. The average molecular weight is 227 g/mol. The van der Waals surface area contributed by atoms with Crippen LogP contribution in [-0.2, 0) is 11.2 Å². The number of ether oxygens (including phenoxy) is 1. The van der Waals surface area contributed by atoms with Crippen molar-refractivity contribution in [3.05, 3.63) is 23.4 Å². The molecule has 0 aromatic carbocycles. The van der Waals surface area contributed by atoms with E-state index in [4.69, 9.17) is 16.3 Å². The second kappa shape index (κ2) is 4.55. The van der Waals surface area contributed by atoms with Gasteiger partial charge in [-0.3, -0.25) is 9.38 Å². The summed E-state index contributed by atoms with van der Waals surface area (Å²) in [5.74, 6) is 0.842. The van der Waals surface area contributed by atoms with Crippen molar-refractivity contribution in [2.75, 3.05) is 13.7 Å². The van der Waals surface area contributed by atoms with Gasteiger partial charge in [-0.25, -0.2) is 0 Å². The molecule has 0 bridgehead atoms. The highest BCUT2D eigenvalue weighted by atomic mass is 35.5. The van der Waals surface area contributed by atoms with Crippen molar-refractivity contribution in [2.24, 2.45) is 0 Å². The second-order valence-electron chi connectivity index (χ2n) is 3.14. The maximum atomic E-state index is 6.01. The van der Waals surface area contributed by atoms with Crippen LogP contribution in [-0.4, -0.2) is 33.3 Å². The lowest BCUT2D eigenvalue weighted by Gasteiger charge is -2.00. The first kappa shape index (κ1) is 10.3. The maximum absolute atomic E-state index is 6.01. The molecule has 0 unspecified atom stereocenters. The Balaban J connectivity index is 2.27. The Kier molecular flexibility index (Phi) is 3.13. The van der Waals surface area contributed by atoms with E-state index in [-0.39, 0.29) is 0 Å². The predicted octanol–water partition coefficient (Wildman–Crippen LogP) is 1.36. The van der Waals surface area contributed by atoms with E-state index in [2.05, 4.69) is 15.2 Å². The molecule has 0 saturated heterocycles. The van der Waals surface area contributed by atoms with E-state index in [1.807, 2.05) is 0 Å². The molecule has 0 spiro atoms. The summed E-state index contributed by atoms with van der Waals surface area (Å²) in [4.78, 5) is 3.94. The van der Waals surface area contributed by atoms with Gasteiger partial charge in [0.25, 0.3) is 0 Å². The number of hydrogen-bond donors (Lipinski definition) is 0. The molecule has 80 valence electrons. The zero-order valence-corrected chi connectivity index (χ0v) is 9.11. The lowest BCUT2D eigenvalue weighted by molar-refractivity contribution is 0.194. The van der Waals surface area contributed by atoms with E-state index in [1.165, 1.54) is 0 Å². The third-order valence-electron chi connectivity index (χ3n) is 2.09. The third kappa shape index (κ3) is 2.08. The van der Waals surface area contributed by atoms with Gasteiger partial charge in [0, 0.05) is 20.1 Å². The first-order chi connectivity index (χ1) is 7.33. The van der Waals surface area contributed by atoms with Gasteiger partial charge in [-0.1, -0.05) is 11.6 Å². The number of halogens is 1. The summed E-state index contributed by atoms with van der Waals surface area (Å²) in [6.45, 7) is 0.706. The Hall–Kier alpha value is -1.20. The van der Waals surface area contributed by atoms with Gasteiger partial charge in [0.05, 0.1) is 12.4 Å². The minimum atomic E-state index is 0.532. The molecule has 0 aliphatic rings. The zero-order valence-electron chi connectivity index (χ0n) is 8.35. The molecule has 2 heterocycles. The van der Waals surface area contributed by atoms with E-state index >= 15 is 0 Å². The number of rotatable bonds is 4. The first-order valence-electron chi connectivity index (χ1n) is 4.65. The highest BCUT2D eigenvalue weighted by Gasteiger charge is 2.07. The van der Waals surface area contributed by atoms with Crippen LogP contribution in [0, 0.1) is 0 Å². The van der Waals surface area contributed by atoms with E-state index < -0.39 is 0 Å². The van der Waals surface area contributed by atoms with Crippen molar-refractivity contribution in [3.63, 3.8) is 0 Å². The number of aromatic nitrogens is 4. The topological polar surface area (TPSA) is 52.3 Å². The van der Waals surface area contributed by atoms with Gasteiger partial charge in [0.2, 0.25) is 0 Å². The Labute approximate surface area is 92.1 Å². The molecule has 0 amide bonds. The normalized spacial score (nSPS) is 11.1. The number of hydrogen-bond acceptors (Lipinski definition) is 4. The highest BCUT2D eigenvalue weighted by molar-refractivity contribution is 6.29. The Morgan fingerprint density at radius 1 is 1.40 bits per heavy atom. The van der Waals surface area contributed by atoms with Crippen LogP contribution in [0.15, 0.2) is 12.4 Å². The predicted molar refractivity (Wildman–Crippen MR) is 56.0 cm³/mol. The summed E-state index contributed by atoms with van der Waals surface area (Å²) in [5, 5.41) is 8.58. The van der Waals surface area contributed by atoms with Gasteiger partial charge < -0.3 is 4.74 Å². The van der Waals surface area contributed by atoms with Gasteiger partial charge in [-0.2, -0.15) is 0 Å². The minimum Gasteiger partial charge on any atom is -0.385 e. The van der Waals surface area contributed by atoms with Gasteiger partial charge in [0.1, 0.15) is 11.0 Å². The Morgan fingerprint density at radius 3 is 3.07 bits per heavy atom. The zero-order chi connectivity index (χ0) is 10.7. The summed E-state index contributed by atoms with van der Waals surface area (Å²) >= 11 is 6.01. The van der Waals surface area contributed by atoms with Crippen molar-refractivity contribution in [1.29, 1.82) is 0 Å². The molecule has 15 heavy (non-hydrogen) atoms. The maximum Gasteiger partial charge on any atom is 0.180 e. The minimum absolute atomic E-state index is 0.532. The first-order valence-corrected chi connectivity index (χ1v) is 5.03. The number of methoxy groups -OCH3 is 1. The molecule has 0 aliphatic carbocycles. The molecule has 0 radical (unpaired) electrons. The van der Waals surface area contributed by atoms with Crippen LogP contribution in [0.2, 0.25) is 5.15 Å². The fourth-order valence-electron chi connectivity index (χ4n) is 1.41. The quantitative estimate of drug-likeness (QED) is 0.739. The summed E-state index contributed by atoms with van der Waals surface area (Å²) in [6, 6.07) is 0. The highest BCUT2D eigenvalue weighted by Crippen LogP contribution is 2.12. The van der Waals surface area contributed by atoms with Gasteiger partial charge >= 0.3 is 0 Å². The van der Waals surface area contributed by atoms with Crippen LogP contribution in [0.5, 0.6) is 0 Å². The van der Waals surface area contributed by atoms with Crippen molar-refractivity contribution in [2.45, 2.75) is 12.8 Å². The standard InChI is InChI=1S/C9H11ClN4O/c1-15-4-2-3-8-12-13-9-6-11-5-7(10)14(8)9/h5-6H,2-4H2,1H3. The van der Waals surface area contributed by atoms with E-state index in [1.54, 1.807) is 23.9 Å². The lowest BCUT2D eigenvalue weighted by atomic mass is 10.3.